The lowest BCUT2D eigenvalue weighted by Crippen LogP contribution is -2.34. The Balaban J connectivity index is 1.23. The van der Waals surface area contributed by atoms with E-state index >= 15 is 0 Å². The molecule has 0 saturated carbocycles. The van der Waals surface area contributed by atoms with Crippen LogP contribution in [0.4, 0.5) is 0 Å². The van der Waals surface area contributed by atoms with Gasteiger partial charge in [-0.25, -0.2) is 14.8 Å². The monoisotopic (exact) mass is 642 g/mol. The molecule has 0 atom stereocenters. The summed E-state index contributed by atoms with van der Waals surface area (Å²) in [6.45, 7) is 4.36. The van der Waals surface area contributed by atoms with Crippen LogP contribution in [0.5, 0.6) is 23.0 Å². The summed E-state index contributed by atoms with van der Waals surface area (Å²) in [6, 6.07) is 11.1. The molecule has 6 rings (SSSR count). The largest absolute Gasteiger partial charge is 0.493 e. The number of aromatic nitrogens is 4. The molecule has 0 N–H and O–H groups in total. The maximum atomic E-state index is 13.7. The van der Waals surface area contributed by atoms with Crippen LogP contribution in [0.2, 0.25) is 0 Å². The molecule has 0 fully saturated rings. The number of benzene rings is 2. The number of hydrogen-bond acceptors (Lipinski definition) is 11. The fraction of sp³-hybridized carbons (Fsp3) is 0.382. The van der Waals surface area contributed by atoms with Gasteiger partial charge in [-0.15, -0.1) is 0 Å². The Labute approximate surface area is 273 Å². The molecule has 2 aliphatic heterocycles. The third kappa shape index (κ3) is 7.63. The number of imidazole rings is 1. The van der Waals surface area contributed by atoms with Crippen molar-refractivity contribution in [2.24, 2.45) is 0 Å². The summed E-state index contributed by atoms with van der Waals surface area (Å²) >= 11 is 0. The van der Waals surface area contributed by atoms with Crippen LogP contribution in [-0.4, -0.2) is 95.0 Å². The van der Waals surface area contributed by atoms with Gasteiger partial charge in [0.25, 0.3) is 5.91 Å². The zero-order chi connectivity index (χ0) is 32.6. The van der Waals surface area contributed by atoms with Crippen LogP contribution in [0.15, 0.2) is 61.2 Å². The van der Waals surface area contributed by atoms with E-state index in [0.717, 1.165) is 36.5 Å². The highest BCUT2D eigenvalue weighted by atomic mass is 16.7. The number of methoxy groups -OCH3 is 2. The highest BCUT2D eigenvalue weighted by molar-refractivity contribution is 5.95. The molecule has 0 unspecified atom stereocenters. The van der Waals surface area contributed by atoms with Crippen LogP contribution in [0.25, 0.3) is 11.4 Å². The molecule has 13 heteroatoms. The molecule has 0 saturated heterocycles. The van der Waals surface area contributed by atoms with Crippen molar-refractivity contribution in [3.8, 4) is 34.4 Å². The van der Waals surface area contributed by atoms with Crippen molar-refractivity contribution >= 4 is 11.9 Å². The summed E-state index contributed by atoms with van der Waals surface area (Å²) in [4.78, 5) is 43.1. The third-order valence-corrected chi connectivity index (χ3v) is 8.17. The van der Waals surface area contributed by atoms with Gasteiger partial charge >= 0.3 is 5.97 Å². The third-order valence-electron chi connectivity index (χ3n) is 8.17. The van der Waals surface area contributed by atoms with Crippen LogP contribution >= 0.6 is 0 Å². The van der Waals surface area contributed by atoms with E-state index in [9.17, 15) is 9.59 Å². The summed E-state index contributed by atoms with van der Waals surface area (Å²) in [5.41, 5.74) is 2.37. The van der Waals surface area contributed by atoms with Gasteiger partial charge in [0.05, 0.1) is 38.9 Å². The minimum absolute atomic E-state index is 0.0657. The van der Waals surface area contributed by atoms with Gasteiger partial charge in [-0.2, -0.15) is 0 Å². The minimum Gasteiger partial charge on any atom is -0.493 e. The number of hydrogen-bond donors (Lipinski definition) is 0. The van der Waals surface area contributed by atoms with Gasteiger partial charge < -0.3 is 33.2 Å². The molecule has 13 nitrogen and oxygen atoms in total. The Morgan fingerprint density at radius 3 is 2.51 bits per heavy atom. The van der Waals surface area contributed by atoms with Crippen LogP contribution < -0.4 is 18.9 Å². The van der Waals surface area contributed by atoms with E-state index in [-0.39, 0.29) is 18.4 Å². The Kier molecular flexibility index (Phi) is 10.1. The van der Waals surface area contributed by atoms with Gasteiger partial charge in [-0.05, 0) is 62.2 Å². The van der Waals surface area contributed by atoms with E-state index < -0.39 is 5.97 Å². The highest BCUT2D eigenvalue weighted by Crippen LogP contribution is 2.34. The fourth-order valence-corrected chi connectivity index (χ4v) is 5.68. The molecule has 246 valence electrons. The first kappa shape index (κ1) is 31.8. The summed E-state index contributed by atoms with van der Waals surface area (Å²) in [7, 11) is 2.93. The van der Waals surface area contributed by atoms with Crippen LogP contribution in [0.3, 0.4) is 0 Å². The van der Waals surface area contributed by atoms with Gasteiger partial charge in [-0.1, -0.05) is 0 Å². The summed E-state index contributed by atoms with van der Waals surface area (Å²) in [6.07, 6.45) is 9.10. The normalized spacial score (nSPS) is 15.7. The molecule has 4 heterocycles. The first-order chi connectivity index (χ1) is 23.0. The lowest BCUT2D eigenvalue weighted by Gasteiger charge is -2.25. The lowest BCUT2D eigenvalue weighted by atomic mass is 10.1. The summed E-state index contributed by atoms with van der Waals surface area (Å²) < 4.78 is 29.6. The van der Waals surface area contributed by atoms with Gasteiger partial charge in [0, 0.05) is 56.2 Å². The van der Waals surface area contributed by atoms with Gasteiger partial charge in [0.1, 0.15) is 5.82 Å². The van der Waals surface area contributed by atoms with Crippen molar-refractivity contribution in [2.45, 2.75) is 32.4 Å². The number of carbonyl (C=O) groups is 2. The van der Waals surface area contributed by atoms with Gasteiger partial charge in [0.2, 0.25) is 6.79 Å². The van der Waals surface area contributed by atoms with E-state index in [1.54, 1.807) is 37.7 Å². The highest BCUT2D eigenvalue weighted by Gasteiger charge is 2.21. The van der Waals surface area contributed by atoms with E-state index in [1.165, 1.54) is 13.3 Å². The smallest absolute Gasteiger partial charge is 0.358 e. The molecule has 0 spiro atoms. The zero-order valence-electron chi connectivity index (χ0n) is 26.6. The van der Waals surface area contributed by atoms with Crippen molar-refractivity contribution < 1.29 is 33.3 Å². The van der Waals surface area contributed by atoms with Gasteiger partial charge in [0.15, 0.2) is 28.7 Å². The van der Waals surface area contributed by atoms with E-state index in [1.807, 2.05) is 29.3 Å². The Morgan fingerprint density at radius 1 is 0.830 bits per heavy atom. The fourth-order valence-electron chi connectivity index (χ4n) is 5.68. The maximum absolute atomic E-state index is 13.7. The Hall–Kier alpha value is -5.17. The molecular weight excluding hydrogens is 604 g/mol. The van der Waals surface area contributed by atoms with Crippen molar-refractivity contribution in [3.05, 3.63) is 78.1 Å². The molecular formula is C34H38N6O7. The molecule has 4 aromatic rings. The van der Waals surface area contributed by atoms with Crippen molar-refractivity contribution in [1.29, 1.82) is 0 Å². The first-order valence-electron chi connectivity index (χ1n) is 15.6. The second kappa shape index (κ2) is 14.9. The molecule has 2 aromatic heterocycles. The lowest BCUT2D eigenvalue weighted by molar-refractivity contribution is 0.0593. The quantitative estimate of drug-likeness (QED) is 0.292. The Bertz CT molecular complexity index is 1690. The summed E-state index contributed by atoms with van der Waals surface area (Å²) in [5, 5.41) is 0. The molecule has 1 amide bonds. The molecule has 0 aliphatic carbocycles. The molecule has 0 radical (unpaired) electrons. The predicted molar refractivity (Wildman–Crippen MR) is 171 cm³/mol. The maximum Gasteiger partial charge on any atom is 0.358 e. The van der Waals surface area contributed by atoms with E-state index in [0.29, 0.717) is 74.3 Å². The number of ether oxygens (including phenoxy) is 5. The zero-order valence-corrected chi connectivity index (χ0v) is 26.6. The van der Waals surface area contributed by atoms with Gasteiger partial charge in [-0.3, -0.25) is 14.7 Å². The number of nitrogens with zero attached hydrogens (tertiary/aromatic N) is 6. The van der Waals surface area contributed by atoms with Crippen LogP contribution in [0, 0.1) is 0 Å². The molecule has 2 aliphatic rings. The average Bonchev–Trinajstić information content (AvgIpc) is 3.78. The minimum atomic E-state index is -0.524. The second-order valence-electron chi connectivity index (χ2n) is 11.2. The van der Waals surface area contributed by atoms with Crippen molar-refractivity contribution in [2.75, 3.05) is 53.8 Å². The number of amides is 1. The number of fused-ring (bicyclic) bond motifs is 5. The standard InChI is InChI=1S/C34H38N6O7/c1-43-28-8-6-24-18-30(28)45-17-5-13-40(33(41)25-7-9-29-31(19-25)47-23-46-29)12-4-3-11-38(15-16-39-14-10-35-32(24)39)22-26-20-37-27(21-36-26)34(42)44-2/h6-10,14,18-21H,3-5,11-13,15-17,22-23H2,1-2H3. The number of rotatable bonds is 5. The topological polar surface area (TPSA) is 130 Å². The molecule has 2 aromatic carbocycles. The van der Waals surface area contributed by atoms with E-state index in [2.05, 4.69) is 24.4 Å². The number of carbonyl (C=O) groups excluding carboxylic acids is 2. The van der Waals surface area contributed by atoms with Crippen LogP contribution in [0.1, 0.15) is 45.8 Å². The number of esters is 1. The summed E-state index contributed by atoms with van der Waals surface area (Å²) in [5.74, 6) is 2.70. The molecule has 47 heavy (non-hydrogen) atoms. The van der Waals surface area contributed by atoms with E-state index in [4.69, 9.17) is 23.7 Å². The second-order valence-corrected chi connectivity index (χ2v) is 11.2. The van der Waals surface area contributed by atoms with Crippen molar-refractivity contribution in [3.63, 3.8) is 0 Å². The average molecular weight is 643 g/mol. The SMILES string of the molecule is COC(=O)c1cnc(CN2CCCCN(C(=O)c3ccc4c(c3)OCO4)CCCOc3cc(ccc3OC)-c3nccn3CC2)cn1. The predicted octanol–water partition coefficient (Wildman–Crippen LogP) is 4.07. The van der Waals surface area contributed by atoms with Crippen LogP contribution in [-0.2, 0) is 17.8 Å². The Morgan fingerprint density at radius 2 is 1.68 bits per heavy atom. The first-order valence-corrected chi connectivity index (χ1v) is 15.6. The van der Waals surface area contributed by atoms with Crippen molar-refractivity contribution in [1.82, 2.24) is 29.3 Å². The molecule has 2 bridgehead atoms.